The summed E-state index contributed by atoms with van der Waals surface area (Å²) >= 11 is 2.45. The van der Waals surface area contributed by atoms with Gasteiger partial charge < -0.3 is 16.0 Å². The summed E-state index contributed by atoms with van der Waals surface area (Å²) in [7, 11) is 0. The molecule has 0 spiro atoms. The van der Waals surface area contributed by atoms with Crippen molar-refractivity contribution in [2.75, 3.05) is 11.1 Å². The molecular formula is C15H13N5O2S2. The number of thiazole rings is 1. The molecule has 0 saturated heterocycles. The Morgan fingerprint density at radius 3 is 2.79 bits per heavy atom. The predicted molar refractivity (Wildman–Crippen MR) is 95.1 cm³/mol. The van der Waals surface area contributed by atoms with Crippen LogP contribution in [0.2, 0.25) is 0 Å². The van der Waals surface area contributed by atoms with Crippen molar-refractivity contribution >= 4 is 40.0 Å². The van der Waals surface area contributed by atoms with Crippen molar-refractivity contribution in [1.29, 1.82) is 0 Å². The molecule has 1 atom stereocenters. The zero-order chi connectivity index (χ0) is 16.9. The molecule has 0 aliphatic heterocycles. The lowest BCUT2D eigenvalue weighted by Crippen LogP contribution is -2.20. The summed E-state index contributed by atoms with van der Waals surface area (Å²) in [5.74, 6) is -0.153. The Balaban J connectivity index is 1.90. The van der Waals surface area contributed by atoms with Crippen LogP contribution in [0.25, 0.3) is 0 Å². The lowest BCUT2D eigenvalue weighted by atomic mass is 10.1. The van der Waals surface area contributed by atoms with E-state index in [0.29, 0.717) is 5.13 Å². The molecule has 0 fully saturated rings. The van der Waals surface area contributed by atoms with Crippen LogP contribution in [0.5, 0.6) is 0 Å². The lowest BCUT2D eigenvalue weighted by Gasteiger charge is -2.15. The number of nitrogen functional groups attached to an aromatic ring is 1. The Morgan fingerprint density at radius 1 is 1.33 bits per heavy atom. The Hall–Kier alpha value is -2.65. The number of nitrogens with zero attached hydrogens (tertiary/aromatic N) is 2. The summed E-state index contributed by atoms with van der Waals surface area (Å²) in [5.41, 5.74) is 6.02. The van der Waals surface area contributed by atoms with Crippen molar-refractivity contribution in [3.8, 4) is 0 Å². The zero-order valence-corrected chi connectivity index (χ0v) is 13.9. The molecule has 7 nitrogen and oxygen atoms in total. The van der Waals surface area contributed by atoms with Crippen LogP contribution in [0.1, 0.15) is 10.8 Å². The van der Waals surface area contributed by atoms with E-state index in [1.54, 1.807) is 11.6 Å². The molecule has 0 unspecified atom stereocenters. The van der Waals surface area contributed by atoms with Crippen molar-refractivity contribution < 1.29 is 4.79 Å². The Labute approximate surface area is 145 Å². The van der Waals surface area contributed by atoms with Gasteiger partial charge in [0.2, 0.25) is 5.91 Å². The number of amides is 1. The number of anilines is 2. The van der Waals surface area contributed by atoms with Crippen LogP contribution in [0, 0.1) is 0 Å². The Morgan fingerprint density at radius 2 is 2.12 bits per heavy atom. The summed E-state index contributed by atoms with van der Waals surface area (Å²) in [6.45, 7) is 0. The van der Waals surface area contributed by atoms with E-state index in [1.165, 1.54) is 17.4 Å². The molecular weight excluding hydrogens is 346 g/mol. The maximum absolute atomic E-state index is 12.7. The fourth-order valence-corrected chi connectivity index (χ4v) is 3.51. The molecule has 3 aromatic rings. The number of aromatic amines is 1. The van der Waals surface area contributed by atoms with Gasteiger partial charge in [-0.2, -0.15) is 0 Å². The summed E-state index contributed by atoms with van der Waals surface area (Å²) in [4.78, 5) is 34.9. The maximum Gasteiger partial charge on any atom is 0.253 e. The van der Waals surface area contributed by atoms with E-state index in [4.69, 9.17) is 5.73 Å². The molecule has 3 rings (SSSR count). The number of aromatic nitrogens is 3. The summed E-state index contributed by atoms with van der Waals surface area (Å²) in [6.07, 6.45) is 1.61. The molecule has 2 heterocycles. The minimum Gasteiger partial charge on any atom is -0.383 e. The van der Waals surface area contributed by atoms with Gasteiger partial charge in [0, 0.05) is 17.6 Å². The van der Waals surface area contributed by atoms with Gasteiger partial charge in [-0.15, -0.1) is 11.3 Å². The maximum atomic E-state index is 12.7. The van der Waals surface area contributed by atoms with E-state index < -0.39 is 5.25 Å². The van der Waals surface area contributed by atoms with E-state index in [2.05, 4.69) is 20.3 Å². The molecule has 0 aliphatic rings. The first kappa shape index (κ1) is 16.2. The van der Waals surface area contributed by atoms with Gasteiger partial charge in [0.05, 0.1) is 0 Å². The third-order valence-corrected chi connectivity index (χ3v) is 4.80. The Bertz CT molecular complexity index is 880. The number of hydrogen-bond acceptors (Lipinski definition) is 7. The van der Waals surface area contributed by atoms with Crippen LogP contribution in [-0.2, 0) is 4.79 Å². The second-order valence-electron chi connectivity index (χ2n) is 4.71. The fourth-order valence-electron chi connectivity index (χ4n) is 1.98. The fraction of sp³-hybridized carbons (Fsp3) is 0.0667. The van der Waals surface area contributed by atoms with E-state index in [-0.39, 0.29) is 22.4 Å². The molecule has 122 valence electrons. The van der Waals surface area contributed by atoms with Crippen molar-refractivity contribution in [3.05, 3.63) is 63.9 Å². The molecule has 24 heavy (non-hydrogen) atoms. The summed E-state index contributed by atoms with van der Waals surface area (Å²) in [5, 5.41) is 4.72. The molecule has 1 aromatic carbocycles. The van der Waals surface area contributed by atoms with Gasteiger partial charge in [-0.05, 0) is 5.56 Å². The number of H-pyrrole nitrogens is 1. The monoisotopic (exact) mass is 359 g/mol. The molecule has 0 aliphatic carbocycles. The predicted octanol–water partition coefficient (Wildman–Crippen LogP) is 2.28. The number of hydrogen-bond donors (Lipinski definition) is 3. The van der Waals surface area contributed by atoms with Crippen molar-refractivity contribution in [3.63, 3.8) is 0 Å². The highest BCUT2D eigenvalue weighted by molar-refractivity contribution is 8.00. The topological polar surface area (TPSA) is 114 Å². The minimum absolute atomic E-state index is 0.105. The normalized spacial score (nSPS) is 11.8. The van der Waals surface area contributed by atoms with Crippen LogP contribution in [0.3, 0.4) is 0 Å². The first-order valence-electron chi connectivity index (χ1n) is 6.90. The summed E-state index contributed by atoms with van der Waals surface area (Å²) < 4.78 is 0. The molecule has 2 aromatic heterocycles. The molecule has 0 bridgehead atoms. The number of thioether (sulfide) groups is 1. The highest BCUT2D eigenvalue weighted by Crippen LogP contribution is 2.34. The smallest absolute Gasteiger partial charge is 0.253 e. The van der Waals surface area contributed by atoms with Crippen molar-refractivity contribution in [2.45, 2.75) is 10.4 Å². The largest absolute Gasteiger partial charge is 0.383 e. The number of nitrogens with two attached hydrogens (primary N) is 1. The third kappa shape index (κ3) is 4.00. The van der Waals surface area contributed by atoms with E-state index in [9.17, 15) is 9.59 Å². The number of nitrogens with one attached hydrogen (secondary N) is 2. The lowest BCUT2D eigenvalue weighted by molar-refractivity contribution is -0.115. The van der Waals surface area contributed by atoms with Gasteiger partial charge in [-0.1, -0.05) is 42.1 Å². The number of rotatable bonds is 5. The first-order chi connectivity index (χ1) is 11.6. The highest BCUT2D eigenvalue weighted by Gasteiger charge is 2.24. The zero-order valence-electron chi connectivity index (χ0n) is 12.3. The van der Waals surface area contributed by atoms with Gasteiger partial charge in [-0.25, -0.2) is 9.97 Å². The van der Waals surface area contributed by atoms with Gasteiger partial charge in [0.1, 0.15) is 11.1 Å². The second kappa shape index (κ2) is 7.28. The highest BCUT2D eigenvalue weighted by atomic mass is 32.2. The van der Waals surface area contributed by atoms with E-state index >= 15 is 0 Å². The van der Waals surface area contributed by atoms with Crippen LogP contribution in [0.4, 0.5) is 10.9 Å². The molecule has 0 saturated carbocycles. The van der Waals surface area contributed by atoms with E-state index in [0.717, 1.165) is 17.3 Å². The number of benzene rings is 1. The third-order valence-electron chi connectivity index (χ3n) is 2.97. The Kier molecular flexibility index (Phi) is 4.92. The van der Waals surface area contributed by atoms with Crippen molar-refractivity contribution in [2.24, 2.45) is 0 Å². The average molecular weight is 359 g/mol. The minimum atomic E-state index is -0.611. The van der Waals surface area contributed by atoms with Crippen LogP contribution in [0.15, 0.2) is 57.9 Å². The molecule has 0 radical (unpaired) electrons. The van der Waals surface area contributed by atoms with Gasteiger partial charge >= 0.3 is 0 Å². The van der Waals surface area contributed by atoms with E-state index in [1.807, 2.05) is 30.3 Å². The van der Waals surface area contributed by atoms with Crippen LogP contribution < -0.4 is 16.6 Å². The first-order valence-corrected chi connectivity index (χ1v) is 8.66. The second-order valence-corrected chi connectivity index (χ2v) is 6.70. The SMILES string of the molecule is Nc1cc(=O)[nH]c(S[C@@H](C(=O)Nc2nccs2)c2ccccc2)n1. The standard InChI is InChI=1S/C15H13N5O2S2/c16-10-8-11(21)19-15(18-10)24-12(9-4-2-1-3-5-9)13(22)20-14-17-6-7-23-14/h1-8,12H,(H,17,20,22)(H3,16,18,19,21)/t12-/m1/s1. The van der Waals surface area contributed by atoms with Crippen LogP contribution in [-0.4, -0.2) is 20.9 Å². The van der Waals surface area contributed by atoms with Gasteiger partial charge in [0.15, 0.2) is 10.3 Å². The number of carbonyl (C=O) groups excluding carboxylic acids is 1. The quantitative estimate of drug-likeness (QED) is 0.476. The molecule has 1 amide bonds. The van der Waals surface area contributed by atoms with Crippen molar-refractivity contribution in [1.82, 2.24) is 15.0 Å². The molecule has 4 N–H and O–H groups in total. The average Bonchev–Trinajstić information content (AvgIpc) is 3.05. The van der Waals surface area contributed by atoms with Gasteiger partial charge in [0.25, 0.3) is 5.56 Å². The van der Waals surface area contributed by atoms with Crippen LogP contribution >= 0.6 is 23.1 Å². The summed E-state index contributed by atoms with van der Waals surface area (Å²) in [6, 6.07) is 10.4. The number of carbonyl (C=O) groups is 1. The molecule has 9 heteroatoms. The van der Waals surface area contributed by atoms with Gasteiger partial charge in [-0.3, -0.25) is 9.59 Å².